The molecule has 2 N–H and O–H groups in total. The summed E-state index contributed by atoms with van der Waals surface area (Å²) in [6.45, 7) is 2.73. The number of methoxy groups -OCH3 is 1. The fourth-order valence-electron chi connectivity index (χ4n) is 1.98. The zero-order valence-corrected chi connectivity index (χ0v) is 12.2. The number of nitrogens with two attached hydrogens (primary N) is 1. The highest BCUT2D eigenvalue weighted by molar-refractivity contribution is 7.10. The molecule has 0 bridgehead atoms. The van der Waals surface area contributed by atoms with E-state index in [4.69, 9.17) is 10.5 Å². The van der Waals surface area contributed by atoms with Crippen molar-refractivity contribution in [3.8, 4) is 11.3 Å². The fourth-order valence-corrected chi connectivity index (χ4v) is 2.92. The molecule has 1 unspecified atom stereocenters. The summed E-state index contributed by atoms with van der Waals surface area (Å²) in [5, 5.41) is 3.15. The molecule has 4 heteroatoms. The van der Waals surface area contributed by atoms with Crippen molar-refractivity contribution >= 4 is 11.3 Å². The second kappa shape index (κ2) is 6.80. The predicted molar refractivity (Wildman–Crippen MR) is 80.1 cm³/mol. The number of rotatable bonds is 6. The van der Waals surface area contributed by atoms with Crippen LogP contribution in [-0.4, -0.2) is 12.1 Å². The summed E-state index contributed by atoms with van der Waals surface area (Å²) in [4.78, 5) is 4.69. The van der Waals surface area contributed by atoms with Crippen LogP contribution in [0.1, 0.15) is 36.4 Å². The van der Waals surface area contributed by atoms with Crippen molar-refractivity contribution in [2.75, 3.05) is 7.11 Å². The Labute approximate surface area is 118 Å². The number of thiazole rings is 1. The van der Waals surface area contributed by atoms with Gasteiger partial charge in [-0.3, -0.25) is 0 Å². The maximum Gasteiger partial charge on any atom is 0.122 e. The average Bonchev–Trinajstić information content (AvgIpc) is 2.94. The zero-order valence-electron chi connectivity index (χ0n) is 11.4. The Balaban J connectivity index is 2.19. The molecule has 1 aromatic carbocycles. The van der Waals surface area contributed by atoms with Crippen molar-refractivity contribution < 1.29 is 4.74 Å². The first-order valence-electron chi connectivity index (χ1n) is 6.56. The highest BCUT2D eigenvalue weighted by atomic mass is 32.1. The monoisotopic (exact) mass is 276 g/mol. The molecule has 2 rings (SSSR count). The fraction of sp³-hybridized carbons (Fsp3) is 0.400. The van der Waals surface area contributed by atoms with Crippen LogP contribution in [0.15, 0.2) is 29.6 Å². The van der Waals surface area contributed by atoms with E-state index in [0.29, 0.717) is 6.54 Å². The standard InChI is InChI=1S/C15H20N2OS/c1-3-4-14(18-2)15-17-13(10-19-15)12-7-5-11(9-16)6-8-12/h5-8,10,14H,3-4,9,16H2,1-2H3. The smallest absolute Gasteiger partial charge is 0.122 e. The van der Waals surface area contributed by atoms with Gasteiger partial charge in [-0.1, -0.05) is 37.6 Å². The number of aromatic nitrogens is 1. The van der Waals surface area contributed by atoms with E-state index < -0.39 is 0 Å². The summed E-state index contributed by atoms with van der Waals surface area (Å²) < 4.78 is 5.49. The number of nitrogens with zero attached hydrogens (tertiary/aromatic N) is 1. The van der Waals surface area contributed by atoms with Crippen LogP contribution < -0.4 is 5.73 Å². The molecule has 3 nitrogen and oxygen atoms in total. The Hall–Kier alpha value is -1.23. The summed E-state index contributed by atoms with van der Waals surface area (Å²) in [5.74, 6) is 0. The van der Waals surface area contributed by atoms with Gasteiger partial charge in [0, 0.05) is 24.6 Å². The predicted octanol–water partition coefficient (Wildman–Crippen LogP) is 3.76. The molecule has 0 radical (unpaired) electrons. The van der Waals surface area contributed by atoms with Gasteiger partial charge in [0.1, 0.15) is 11.1 Å². The summed E-state index contributed by atoms with van der Waals surface area (Å²) in [6.07, 6.45) is 2.22. The molecule has 0 saturated carbocycles. The number of benzene rings is 1. The summed E-state index contributed by atoms with van der Waals surface area (Å²) >= 11 is 1.67. The molecule has 1 aromatic heterocycles. The van der Waals surface area contributed by atoms with Gasteiger partial charge in [-0.05, 0) is 12.0 Å². The van der Waals surface area contributed by atoms with Crippen LogP contribution in [-0.2, 0) is 11.3 Å². The highest BCUT2D eigenvalue weighted by Crippen LogP contribution is 2.29. The van der Waals surface area contributed by atoms with E-state index in [1.54, 1.807) is 18.4 Å². The first-order valence-corrected chi connectivity index (χ1v) is 7.44. The molecule has 19 heavy (non-hydrogen) atoms. The van der Waals surface area contributed by atoms with Crippen molar-refractivity contribution in [3.63, 3.8) is 0 Å². The molecule has 0 aliphatic carbocycles. The summed E-state index contributed by atoms with van der Waals surface area (Å²) in [6, 6.07) is 8.24. The second-order valence-electron chi connectivity index (χ2n) is 4.49. The lowest BCUT2D eigenvalue weighted by atomic mass is 10.1. The molecule has 102 valence electrons. The number of hydrogen-bond donors (Lipinski definition) is 1. The second-order valence-corrected chi connectivity index (χ2v) is 5.37. The lowest BCUT2D eigenvalue weighted by Gasteiger charge is -2.10. The van der Waals surface area contributed by atoms with Crippen molar-refractivity contribution in [1.29, 1.82) is 0 Å². The first kappa shape index (κ1) is 14.2. The Morgan fingerprint density at radius 3 is 2.63 bits per heavy atom. The first-order chi connectivity index (χ1) is 9.28. The molecule has 0 aliphatic heterocycles. The van der Waals surface area contributed by atoms with Crippen LogP contribution in [0.3, 0.4) is 0 Å². The van der Waals surface area contributed by atoms with Gasteiger partial charge in [0.2, 0.25) is 0 Å². The van der Waals surface area contributed by atoms with E-state index in [-0.39, 0.29) is 6.10 Å². The Bertz CT molecular complexity index is 507. The van der Waals surface area contributed by atoms with Crippen LogP contribution in [0.2, 0.25) is 0 Å². The van der Waals surface area contributed by atoms with Crippen molar-refractivity contribution in [3.05, 3.63) is 40.2 Å². The van der Waals surface area contributed by atoms with Crippen LogP contribution in [0.4, 0.5) is 0 Å². The maximum atomic E-state index is 5.60. The molecule has 0 fully saturated rings. The van der Waals surface area contributed by atoms with Gasteiger partial charge < -0.3 is 10.5 Å². The van der Waals surface area contributed by atoms with Crippen molar-refractivity contribution in [1.82, 2.24) is 4.98 Å². The lowest BCUT2D eigenvalue weighted by Crippen LogP contribution is -2.00. The third-order valence-corrected chi connectivity index (χ3v) is 4.05. The Kier molecular flexibility index (Phi) is 5.07. The normalized spacial score (nSPS) is 12.6. The van der Waals surface area contributed by atoms with Gasteiger partial charge in [-0.15, -0.1) is 11.3 Å². The molecule has 0 spiro atoms. The van der Waals surface area contributed by atoms with E-state index in [1.807, 2.05) is 12.1 Å². The molecule has 1 heterocycles. The Morgan fingerprint density at radius 2 is 2.05 bits per heavy atom. The van der Waals surface area contributed by atoms with Crippen molar-refractivity contribution in [2.24, 2.45) is 5.73 Å². The third-order valence-electron chi connectivity index (χ3n) is 3.12. The van der Waals surface area contributed by atoms with Gasteiger partial charge in [-0.2, -0.15) is 0 Å². The maximum absolute atomic E-state index is 5.60. The molecule has 0 saturated heterocycles. The topological polar surface area (TPSA) is 48.1 Å². The quantitative estimate of drug-likeness (QED) is 0.874. The number of ether oxygens (including phenoxy) is 1. The largest absolute Gasteiger partial charge is 0.374 e. The zero-order chi connectivity index (χ0) is 13.7. The lowest BCUT2D eigenvalue weighted by molar-refractivity contribution is 0.0948. The van der Waals surface area contributed by atoms with E-state index in [9.17, 15) is 0 Å². The summed E-state index contributed by atoms with van der Waals surface area (Å²) in [7, 11) is 1.75. The van der Waals surface area contributed by atoms with Gasteiger partial charge in [0.25, 0.3) is 0 Å². The third kappa shape index (κ3) is 3.41. The number of hydrogen-bond acceptors (Lipinski definition) is 4. The molecule has 0 amide bonds. The minimum Gasteiger partial charge on any atom is -0.374 e. The van der Waals surface area contributed by atoms with Gasteiger partial charge >= 0.3 is 0 Å². The van der Waals surface area contributed by atoms with Gasteiger partial charge in [0.15, 0.2) is 0 Å². The molecule has 1 atom stereocenters. The van der Waals surface area contributed by atoms with Crippen LogP contribution >= 0.6 is 11.3 Å². The van der Waals surface area contributed by atoms with Crippen LogP contribution in [0, 0.1) is 0 Å². The van der Waals surface area contributed by atoms with E-state index in [2.05, 4.69) is 29.4 Å². The van der Waals surface area contributed by atoms with E-state index in [1.165, 1.54) is 0 Å². The van der Waals surface area contributed by atoms with Gasteiger partial charge in [0.05, 0.1) is 5.69 Å². The van der Waals surface area contributed by atoms with Gasteiger partial charge in [-0.25, -0.2) is 4.98 Å². The van der Waals surface area contributed by atoms with Crippen molar-refractivity contribution in [2.45, 2.75) is 32.4 Å². The van der Waals surface area contributed by atoms with Crippen LogP contribution in [0.25, 0.3) is 11.3 Å². The highest BCUT2D eigenvalue weighted by Gasteiger charge is 2.14. The van der Waals surface area contributed by atoms with E-state index in [0.717, 1.165) is 34.7 Å². The average molecular weight is 276 g/mol. The Morgan fingerprint density at radius 1 is 1.32 bits per heavy atom. The minimum atomic E-state index is 0.118. The molecular weight excluding hydrogens is 256 g/mol. The molecular formula is C15H20N2OS. The SMILES string of the molecule is CCCC(OC)c1nc(-c2ccc(CN)cc2)cs1. The minimum absolute atomic E-state index is 0.118. The summed E-state index contributed by atoms with van der Waals surface area (Å²) in [5.41, 5.74) is 8.89. The van der Waals surface area contributed by atoms with Crippen LogP contribution in [0.5, 0.6) is 0 Å². The molecule has 0 aliphatic rings. The van der Waals surface area contributed by atoms with E-state index >= 15 is 0 Å². The molecule has 2 aromatic rings.